The molecule has 1 atom stereocenters. The molecule has 0 saturated carbocycles. The van der Waals surface area contributed by atoms with Gasteiger partial charge in [0.25, 0.3) is 0 Å². The lowest BCUT2D eigenvalue weighted by atomic mass is 10.0. The number of nitrogens with two attached hydrogens (primary N) is 1. The number of aliphatic hydroxyl groups is 1. The zero-order valence-corrected chi connectivity index (χ0v) is 11.0. The summed E-state index contributed by atoms with van der Waals surface area (Å²) in [5, 5.41) is 13.5. The van der Waals surface area contributed by atoms with Crippen LogP contribution in [0.2, 0.25) is 0 Å². The minimum absolute atomic E-state index is 0.414. The fourth-order valence-corrected chi connectivity index (χ4v) is 2.27. The highest BCUT2D eigenvalue weighted by atomic mass is 16.3. The summed E-state index contributed by atoms with van der Waals surface area (Å²) in [4.78, 5) is 2.39. The van der Waals surface area contributed by atoms with Crippen LogP contribution in [0.15, 0.2) is 18.2 Å². The van der Waals surface area contributed by atoms with Gasteiger partial charge in [-0.05, 0) is 30.5 Å². The highest BCUT2D eigenvalue weighted by molar-refractivity contribution is 5.48. The number of nitrogens with zero attached hydrogens (tertiary/aromatic N) is 1. The van der Waals surface area contributed by atoms with Gasteiger partial charge in [-0.2, -0.15) is 0 Å². The molecular formula is C14H23N3O. The number of aliphatic hydroxyl groups excluding tert-OH is 1. The van der Waals surface area contributed by atoms with Crippen molar-refractivity contribution in [2.75, 3.05) is 38.5 Å². The number of hydrogen-bond donors (Lipinski definition) is 3. The average Bonchev–Trinajstić information content (AvgIpc) is 2.40. The van der Waals surface area contributed by atoms with E-state index in [4.69, 9.17) is 5.73 Å². The Morgan fingerprint density at radius 2 is 2.11 bits per heavy atom. The van der Waals surface area contributed by atoms with Crippen LogP contribution in [0.4, 0.5) is 5.69 Å². The topological polar surface area (TPSA) is 61.5 Å². The quantitative estimate of drug-likeness (QED) is 0.694. The first-order chi connectivity index (χ1) is 8.66. The molecule has 0 aliphatic carbocycles. The number of aryl methyl sites for hydroxylation is 1. The summed E-state index contributed by atoms with van der Waals surface area (Å²) in [6.07, 6.45) is 0.352. The number of anilines is 1. The van der Waals surface area contributed by atoms with E-state index in [1.165, 1.54) is 0 Å². The number of piperazine rings is 1. The molecule has 1 fully saturated rings. The van der Waals surface area contributed by atoms with E-state index in [9.17, 15) is 5.11 Å². The second-order valence-electron chi connectivity index (χ2n) is 5.01. The van der Waals surface area contributed by atoms with E-state index in [1.807, 2.05) is 25.1 Å². The molecule has 0 spiro atoms. The monoisotopic (exact) mass is 249 g/mol. The van der Waals surface area contributed by atoms with Crippen LogP contribution in [0.25, 0.3) is 0 Å². The maximum atomic E-state index is 10.2. The van der Waals surface area contributed by atoms with Gasteiger partial charge in [-0.15, -0.1) is 0 Å². The lowest BCUT2D eigenvalue weighted by Crippen LogP contribution is -2.44. The summed E-state index contributed by atoms with van der Waals surface area (Å²) < 4.78 is 0. The summed E-state index contributed by atoms with van der Waals surface area (Å²) in [5.41, 5.74) is 8.61. The molecule has 0 radical (unpaired) electrons. The Kier molecular flexibility index (Phi) is 4.58. The molecule has 2 rings (SSSR count). The molecule has 0 aromatic heterocycles. The molecule has 4 nitrogen and oxygen atoms in total. The maximum Gasteiger partial charge on any atom is 0.0803 e. The predicted octanol–water partition coefficient (Wildman–Crippen LogP) is 0.906. The highest BCUT2D eigenvalue weighted by Crippen LogP contribution is 2.21. The maximum absolute atomic E-state index is 10.2. The van der Waals surface area contributed by atoms with Gasteiger partial charge in [0.15, 0.2) is 0 Å². The molecule has 4 N–H and O–H groups in total. The molecule has 0 amide bonds. The van der Waals surface area contributed by atoms with Crippen LogP contribution in [0.3, 0.4) is 0 Å². The molecule has 1 aliphatic rings. The van der Waals surface area contributed by atoms with Crippen molar-refractivity contribution in [2.24, 2.45) is 0 Å². The van der Waals surface area contributed by atoms with Gasteiger partial charge in [-0.3, -0.25) is 0 Å². The van der Waals surface area contributed by atoms with Gasteiger partial charge in [-0.25, -0.2) is 0 Å². The first-order valence-corrected chi connectivity index (χ1v) is 6.64. The molecule has 1 saturated heterocycles. The molecule has 1 aromatic rings. The van der Waals surface area contributed by atoms with E-state index < -0.39 is 6.10 Å². The molecule has 0 bridgehead atoms. The van der Waals surface area contributed by atoms with Crippen LogP contribution < -0.4 is 11.1 Å². The minimum atomic E-state index is -0.414. The van der Waals surface area contributed by atoms with Gasteiger partial charge >= 0.3 is 0 Å². The molecule has 4 heteroatoms. The molecule has 1 aromatic carbocycles. The van der Waals surface area contributed by atoms with E-state index in [1.54, 1.807) is 0 Å². The first kappa shape index (κ1) is 13.3. The smallest absolute Gasteiger partial charge is 0.0803 e. The van der Waals surface area contributed by atoms with Crippen LogP contribution in [0, 0.1) is 6.92 Å². The van der Waals surface area contributed by atoms with E-state index in [-0.39, 0.29) is 0 Å². The Balaban J connectivity index is 1.86. The van der Waals surface area contributed by atoms with Gasteiger partial charge in [-0.1, -0.05) is 12.1 Å². The number of rotatable bonds is 4. The first-order valence-electron chi connectivity index (χ1n) is 6.64. The zero-order valence-electron chi connectivity index (χ0n) is 11.0. The van der Waals surface area contributed by atoms with Crippen molar-refractivity contribution in [3.8, 4) is 0 Å². The van der Waals surface area contributed by atoms with Crippen LogP contribution >= 0.6 is 0 Å². The summed E-state index contributed by atoms with van der Waals surface area (Å²) in [5.74, 6) is 0. The Labute approximate surface area is 109 Å². The van der Waals surface area contributed by atoms with Gasteiger partial charge in [0.05, 0.1) is 6.10 Å². The highest BCUT2D eigenvalue weighted by Gasteiger charge is 2.13. The largest absolute Gasteiger partial charge is 0.399 e. The van der Waals surface area contributed by atoms with Crippen LogP contribution in [0.5, 0.6) is 0 Å². The SMILES string of the molecule is Cc1ccc(C(O)CCN2CCNCC2)cc1N. The summed E-state index contributed by atoms with van der Waals surface area (Å²) in [7, 11) is 0. The van der Waals surface area contributed by atoms with Crippen molar-refractivity contribution in [1.82, 2.24) is 10.2 Å². The second-order valence-corrected chi connectivity index (χ2v) is 5.01. The molecule has 1 heterocycles. The van der Waals surface area contributed by atoms with Crippen molar-refractivity contribution >= 4 is 5.69 Å². The van der Waals surface area contributed by atoms with Crippen molar-refractivity contribution < 1.29 is 5.11 Å². The Bertz CT molecular complexity index is 389. The van der Waals surface area contributed by atoms with Crippen LogP contribution in [0.1, 0.15) is 23.7 Å². The van der Waals surface area contributed by atoms with Gasteiger partial charge in [0, 0.05) is 38.4 Å². The number of hydrogen-bond acceptors (Lipinski definition) is 4. The fraction of sp³-hybridized carbons (Fsp3) is 0.571. The zero-order chi connectivity index (χ0) is 13.0. The summed E-state index contributed by atoms with van der Waals surface area (Å²) in [6, 6.07) is 5.82. The minimum Gasteiger partial charge on any atom is -0.399 e. The Morgan fingerprint density at radius 1 is 1.39 bits per heavy atom. The van der Waals surface area contributed by atoms with Crippen molar-refractivity contribution in [3.63, 3.8) is 0 Å². The Morgan fingerprint density at radius 3 is 2.78 bits per heavy atom. The molecule has 18 heavy (non-hydrogen) atoms. The van der Waals surface area contributed by atoms with E-state index in [0.717, 1.165) is 56.0 Å². The van der Waals surface area contributed by atoms with E-state index >= 15 is 0 Å². The van der Waals surface area contributed by atoms with Gasteiger partial charge < -0.3 is 21.1 Å². The van der Waals surface area contributed by atoms with Crippen molar-refractivity contribution in [2.45, 2.75) is 19.4 Å². The number of nitrogens with one attached hydrogen (secondary N) is 1. The third-order valence-electron chi connectivity index (χ3n) is 3.62. The second kappa shape index (κ2) is 6.18. The number of benzene rings is 1. The summed E-state index contributed by atoms with van der Waals surface area (Å²) >= 11 is 0. The van der Waals surface area contributed by atoms with Crippen LogP contribution in [-0.4, -0.2) is 42.7 Å². The third kappa shape index (κ3) is 3.45. The van der Waals surface area contributed by atoms with Crippen LogP contribution in [-0.2, 0) is 0 Å². The van der Waals surface area contributed by atoms with Crippen molar-refractivity contribution in [3.05, 3.63) is 29.3 Å². The van der Waals surface area contributed by atoms with E-state index in [0.29, 0.717) is 0 Å². The Hall–Kier alpha value is -1.10. The standard InChI is InChI=1S/C14H23N3O/c1-11-2-3-12(10-13(11)15)14(18)4-7-17-8-5-16-6-9-17/h2-3,10,14,16,18H,4-9,15H2,1H3. The average molecular weight is 249 g/mol. The normalized spacial score (nSPS) is 18.8. The predicted molar refractivity (Wildman–Crippen MR) is 74.5 cm³/mol. The van der Waals surface area contributed by atoms with Crippen molar-refractivity contribution in [1.29, 1.82) is 0 Å². The molecule has 1 aliphatic heterocycles. The summed E-state index contributed by atoms with van der Waals surface area (Å²) in [6.45, 7) is 7.16. The van der Waals surface area contributed by atoms with E-state index in [2.05, 4.69) is 10.2 Å². The molecule has 100 valence electrons. The fourth-order valence-electron chi connectivity index (χ4n) is 2.27. The lowest BCUT2D eigenvalue weighted by molar-refractivity contribution is 0.137. The third-order valence-corrected chi connectivity index (χ3v) is 3.62. The molecular weight excluding hydrogens is 226 g/mol. The van der Waals surface area contributed by atoms with Gasteiger partial charge in [0.2, 0.25) is 0 Å². The lowest BCUT2D eigenvalue weighted by Gasteiger charge is -2.28. The molecule has 1 unspecified atom stereocenters. The number of nitrogen functional groups attached to an aromatic ring is 1. The van der Waals surface area contributed by atoms with Gasteiger partial charge in [0.1, 0.15) is 0 Å².